The summed E-state index contributed by atoms with van der Waals surface area (Å²) in [4.78, 5) is 17.3. The van der Waals surface area contributed by atoms with Gasteiger partial charge in [0.25, 0.3) is 5.91 Å². The van der Waals surface area contributed by atoms with Crippen LogP contribution in [0.15, 0.2) is 59.1 Å². The summed E-state index contributed by atoms with van der Waals surface area (Å²) in [5.41, 5.74) is 1.32. The summed E-state index contributed by atoms with van der Waals surface area (Å²) in [5.74, 6) is 0.197. The van der Waals surface area contributed by atoms with Crippen molar-refractivity contribution in [2.75, 3.05) is 6.61 Å². The molecule has 0 bridgehead atoms. The number of benzene rings is 2. The van der Waals surface area contributed by atoms with Crippen LogP contribution in [-0.4, -0.2) is 27.3 Å². The molecule has 0 spiro atoms. The smallest absolute Gasteiger partial charge is 0.336 e. The lowest BCUT2D eigenvalue weighted by Gasteiger charge is -2.06. The molecule has 0 aliphatic carbocycles. The Kier molecular flexibility index (Phi) is 5.05. The quantitative estimate of drug-likeness (QED) is 0.660. The highest BCUT2D eigenvalue weighted by Gasteiger charge is 2.21. The Hall–Kier alpha value is -2.47. The topological polar surface area (TPSA) is 57.0 Å². The fourth-order valence-electron chi connectivity index (χ4n) is 2.21. The second-order valence-corrected chi connectivity index (χ2v) is 5.98. The predicted molar refractivity (Wildman–Crippen MR) is 95.1 cm³/mol. The third-order valence-corrected chi connectivity index (χ3v) is 4.04. The van der Waals surface area contributed by atoms with Crippen molar-refractivity contribution in [3.63, 3.8) is 0 Å². The molecule has 1 heterocycles. The van der Waals surface area contributed by atoms with E-state index in [-0.39, 0.29) is 11.9 Å². The molecule has 3 rings (SSSR count). The van der Waals surface area contributed by atoms with E-state index in [1.165, 1.54) is 4.68 Å². The molecule has 0 amide bonds. The number of carbonyl (C=O) groups excluding carboxylic acids is 1. The molecule has 1 aromatic heterocycles. The summed E-state index contributed by atoms with van der Waals surface area (Å²) in [6, 6.07) is 16.9. The van der Waals surface area contributed by atoms with Crippen LogP contribution in [0.4, 0.5) is 0 Å². The zero-order valence-corrected chi connectivity index (χ0v) is 14.7. The maximum Gasteiger partial charge on any atom is 0.336 e. The molecule has 0 N–H and O–H groups in total. The van der Waals surface area contributed by atoms with E-state index in [1.807, 2.05) is 55.5 Å². The number of rotatable bonds is 5. The Bertz CT molecular complexity index is 846. The number of carbonyl (C=O) groups is 1. The third kappa shape index (κ3) is 3.38. The highest BCUT2D eigenvalue weighted by Crippen LogP contribution is 2.23. The molecule has 0 atom stereocenters. The van der Waals surface area contributed by atoms with Gasteiger partial charge in [0.05, 0.1) is 12.2 Å². The second kappa shape index (κ2) is 7.40. The van der Waals surface area contributed by atoms with Crippen LogP contribution in [0.5, 0.6) is 6.01 Å². The fraction of sp³-hybridized carbons (Fsp3) is 0.167. The van der Waals surface area contributed by atoms with Gasteiger partial charge in [0.1, 0.15) is 0 Å². The number of nitrogens with zero attached hydrogens (tertiary/aromatic N) is 3. The summed E-state index contributed by atoms with van der Waals surface area (Å²) >= 11 is 3.41. The van der Waals surface area contributed by atoms with E-state index in [0.29, 0.717) is 22.5 Å². The van der Waals surface area contributed by atoms with E-state index in [2.05, 4.69) is 26.0 Å². The number of halogens is 1. The predicted octanol–water partition coefficient (Wildman–Crippen LogP) is 4.18. The van der Waals surface area contributed by atoms with Gasteiger partial charge in [-0.15, -0.1) is 5.10 Å². The first kappa shape index (κ1) is 16.4. The van der Waals surface area contributed by atoms with Crippen molar-refractivity contribution in [3.05, 3.63) is 64.6 Å². The minimum absolute atomic E-state index is 0.205. The van der Waals surface area contributed by atoms with Crippen LogP contribution in [0.25, 0.3) is 11.4 Å². The number of aromatic nitrogens is 3. The molecular weight excluding hydrogens is 370 g/mol. The standard InChI is InChI=1S/C18H16BrN3O2/c1-2-12-24-18-20-16(13-8-4-3-5-9-13)22(21-18)17(23)14-10-6-7-11-15(14)19/h3-11H,2,12H2,1H3. The van der Waals surface area contributed by atoms with Crippen molar-refractivity contribution in [2.24, 2.45) is 0 Å². The van der Waals surface area contributed by atoms with Crippen LogP contribution < -0.4 is 4.74 Å². The van der Waals surface area contributed by atoms with Gasteiger partial charge >= 0.3 is 6.01 Å². The molecule has 0 saturated heterocycles. The lowest BCUT2D eigenvalue weighted by atomic mass is 10.2. The SMILES string of the molecule is CCCOc1nc(-c2ccccc2)n(C(=O)c2ccccc2Br)n1. The lowest BCUT2D eigenvalue weighted by Crippen LogP contribution is -2.16. The van der Waals surface area contributed by atoms with Gasteiger partial charge in [-0.05, 0) is 34.5 Å². The number of hydrogen-bond donors (Lipinski definition) is 0. The largest absolute Gasteiger partial charge is 0.462 e. The monoisotopic (exact) mass is 385 g/mol. The van der Waals surface area contributed by atoms with Crippen molar-refractivity contribution in [1.29, 1.82) is 0 Å². The highest BCUT2D eigenvalue weighted by molar-refractivity contribution is 9.10. The van der Waals surface area contributed by atoms with Gasteiger partial charge in [-0.1, -0.05) is 49.4 Å². The van der Waals surface area contributed by atoms with Crippen molar-refractivity contribution in [2.45, 2.75) is 13.3 Å². The first-order valence-corrected chi connectivity index (χ1v) is 8.44. The average Bonchev–Trinajstić information content (AvgIpc) is 3.05. The summed E-state index contributed by atoms with van der Waals surface area (Å²) in [7, 11) is 0. The zero-order chi connectivity index (χ0) is 16.9. The molecule has 0 fully saturated rings. The van der Waals surface area contributed by atoms with Crippen LogP contribution >= 0.6 is 15.9 Å². The Morgan fingerprint density at radius 2 is 1.83 bits per heavy atom. The van der Waals surface area contributed by atoms with E-state index in [1.54, 1.807) is 6.07 Å². The molecule has 0 aliphatic heterocycles. The third-order valence-electron chi connectivity index (χ3n) is 3.35. The normalized spacial score (nSPS) is 10.6. The maximum absolute atomic E-state index is 12.9. The Morgan fingerprint density at radius 3 is 2.54 bits per heavy atom. The summed E-state index contributed by atoms with van der Waals surface area (Å²) < 4.78 is 7.51. The first-order chi connectivity index (χ1) is 11.7. The minimum atomic E-state index is -0.264. The van der Waals surface area contributed by atoms with E-state index in [4.69, 9.17) is 4.74 Å². The molecule has 0 radical (unpaired) electrons. The zero-order valence-electron chi connectivity index (χ0n) is 13.1. The summed E-state index contributed by atoms with van der Waals surface area (Å²) in [6.45, 7) is 2.50. The van der Waals surface area contributed by atoms with Crippen LogP contribution in [0, 0.1) is 0 Å². The number of hydrogen-bond acceptors (Lipinski definition) is 4. The van der Waals surface area contributed by atoms with Gasteiger partial charge in [-0.2, -0.15) is 9.67 Å². The molecule has 3 aromatic rings. The fourth-order valence-corrected chi connectivity index (χ4v) is 2.67. The van der Waals surface area contributed by atoms with Crippen molar-refractivity contribution in [1.82, 2.24) is 14.8 Å². The molecule has 0 unspecified atom stereocenters. The molecule has 2 aromatic carbocycles. The van der Waals surface area contributed by atoms with Crippen LogP contribution in [0.2, 0.25) is 0 Å². The van der Waals surface area contributed by atoms with Gasteiger partial charge in [0.2, 0.25) is 0 Å². The lowest BCUT2D eigenvalue weighted by molar-refractivity contribution is 0.0944. The molecule has 0 saturated carbocycles. The van der Waals surface area contributed by atoms with E-state index in [0.717, 1.165) is 12.0 Å². The van der Waals surface area contributed by atoms with E-state index >= 15 is 0 Å². The Balaban J connectivity index is 2.07. The molecule has 5 nitrogen and oxygen atoms in total. The van der Waals surface area contributed by atoms with E-state index < -0.39 is 0 Å². The van der Waals surface area contributed by atoms with Crippen molar-refractivity contribution < 1.29 is 9.53 Å². The highest BCUT2D eigenvalue weighted by atomic mass is 79.9. The molecular formula is C18H16BrN3O2. The molecule has 0 aliphatic rings. The van der Waals surface area contributed by atoms with Gasteiger partial charge in [0, 0.05) is 10.0 Å². The number of ether oxygens (including phenoxy) is 1. The average molecular weight is 386 g/mol. The Labute approximate surface area is 148 Å². The second-order valence-electron chi connectivity index (χ2n) is 5.13. The van der Waals surface area contributed by atoms with Crippen LogP contribution in [0.3, 0.4) is 0 Å². The first-order valence-electron chi connectivity index (χ1n) is 7.65. The van der Waals surface area contributed by atoms with Gasteiger partial charge in [0.15, 0.2) is 5.82 Å². The summed E-state index contributed by atoms with van der Waals surface area (Å²) in [6.07, 6.45) is 0.841. The van der Waals surface area contributed by atoms with Gasteiger partial charge < -0.3 is 4.74 Å². The van der Waals surface area contributed by atoms with Crippen LogP contribution in [-0.2, 0) is 0 Å². The van der Waals surface area contributed by atoms with Gasteiger partial charge in [-0.3, -0.25) is 4.79 Å². The minimum Gasteiger partial charge on any atom is -0.462 e. The Morgan fingerprint density at radius 1 is 1.12 bits per heavy atom. The molecule has 6 heteroatoms. The van der Waals surface area contributed by atoms with Crippen molar-refractivity contribution >= 4 is 21.8 Å². The summed E-state index contributed by atoms with van der Waals surface area (Å²) in [5, 5.41) is 4.25. The van der Waals surface area contributed by atoms with Crippen molar-refractivity contribution in [3.8, 4) is 17.4 Å². The molecule has 24 heavy (non-hydrogen) atoms. The van der Waals surface area contributed by atoms with Crippen LogP contribution in [0.1, 0.15) is 23.7 Å². The molecule has 122 valence electrons. The van der Waals surface area contributed by atoms with Gasteiger partial charge in [-0.25, -0.2) is 0 Å². The maximum atomic E-state index is 12.9. The van der Waals surface area contributed by atoms with E-state index in [9.17, 15) is 4.79 Å².